The summed E-state index contributed by atoms with van der Waals surface area (Å²) in [5.74, 6) is 0.533. The molecule has 0 amide bonds. The number of Topliss-reactive ketones (excluding diaryl/α,β-unsaturated/α-hetero) is 2. The Morgan fingerprint density at radius 2 is 1.49 bits per heavy atom. The fourth-order valence-electron chi connectivity index (χ4n) is 6.33. The van der Waals surface area contributed by atoms with Crippen molar-refractivity contribution in [1.29, 1.82) is 0 Å². The topological polar surface area (TPSA) is 55.8 Å². The van der Waals surface area contributed by atoms with E-state index in [1.165, 1.54) is 0 Å². The van der Waals surface area contributed by atoms with Crippen LogP contribution in [0.15, 0.2) is 58.9 Å². The van der Waals surface area contributed by atoms with Gasteiger partial charge in [0.1, 0.15) is 6.61 Å². The fraction of sp³-hybridized carbons (Fsp3) is 0.438. The Bertz CT molecular complexity index is 1380. The van der Waals surface area contributed by atoms with Crippen LogP contribution in [0.2, 0.25) is 10.0 Å². The highest BCUT2D eigenvalue weighted by atomic mass is 35.5. The molecule has 206 valence electrons. The number of carbonyl (C=O) groups excluding carboxylic acids is 2. The fourth-order valence-corrected chi connectivity index (χ4v) is 6.81. The summed E-state index contributed by atoms with van der Waals surface area (Å²) < 4.78 is 11.8. The zero-order chi connectivity index (χ0) is 28.3. The van der Waals surface area contributed by atoms with E-state index in [4.69, 9.17) is 32.7 Å². The van der Waals surface area contributed by atoms with Crippen molar-refractivity contribution in [3.05, 3.63) is 80.1 Å². The van der Waals surface area contributed by atoms with Gasteiger partial charge >= 0.3 is 0 Å². The number of hydrogen-bond acceptors (Lipinski definition) is 5. The molecule has 0 spiro atoms. The molecule has 0 fully saturated rings. The number of methoxy groups -OCH3 is 1. The van der Waals surface area contributed by atoms with Gasteiger partial charge in [-0.1, -0.05) is 63.0 Å². The summed E-state index contributed by atoms with van der Waals surface area (Å²) >= 11 is 13.0. The van der Waals surface area contributed by atoms with Gasteiger partial charge in [-0.05, 0) is 59.1 Å². The van der Waals surface area contributed by atoms with Crippen molar-refractivity contribution in [3.63, 3.8) is 0 Å². The average Bonchev–Trinajstić information content (AvgIpc) is 2.83. The van der Waals surface area contributed by atoms with Gasteiger partial charge in [-0.25, -0.2) is 0 Å². The number of halogens is 2. The molecule has 5 rings (SSSR count). The molecule has 0 saturated heterocycles. The van der Waals surface area contributed by atoms with Crippen LogP contribution in [-0.2, 0) is 16.2 Å². The molecule has 2 aromatic rings. The third-order valence-corrected chi connectivity index (χ3v) is 8.55. The van der Waals surface area contributed by atoms with Gasteiger partial charge in [-0.15, -0.1) is 0 Å². The summed E-state index contributed by atoms with van der Waals surface area (Å²) in [7, 11) is 3.57. The largest absolute Gasteiger partial charge is 0.493 e. The summed E-state index contributed by atoms with van der Waals surface area (Å²) in [5.41, 5.74) is 4.76. The predicted octanol–water partition coefficient (Wildman–Crippen LogP) is 7.90. The first-order valence-corrected chi connectivity index (χ1v) is 14.1. The van der Waals surface area contributed by atoms with Crippen molar-refractivity contribution in [2.24, 2.45) is 10.8 Å². The standard InChI is InChI=1S/C32H35Cl2NO4/c1-31(2)13-22-28(24(36)15-31)27(29-23(35(22)5)14-32(3,4)16-25(29)37)19-11-21(34)30(26(12-19)38-6)39-17-18-8-7-9-20(33)10-18/h7-12,27H,13-17H2,1-6H3. The van der Waals surface area contributed by atoms with E-state index in [1.54, 1.807) is 7.11 Å². The Balaban J connectivity index is 1.63. The lowest BCUT2D eigenvalue weighted by molar-refractivity contribution is -0.119. The molecule has 0 radical (unpaired) electrons. The highest BCUT2D eigenvalue weighted by molar-refractivity contribution is 6.32. The van der Waals surface area contributed by atoms with E-state index in [0.29, 0.717) is 45.5 Å². The van der Waals surface area contributed by atoms with Crippen molar-refractivity contribution in [2.45, 2.75) is 65.9 Å². The van der Waals surface area contributed by atoms with Gasteiger partial charge in [0, 0.05) is 53.4 Å². The summed E-state index contributed by atoms with van der Waals surface area (Å²) in [6, 6.07) is 11.1. The molecule has 7 heteroatoms. The monoisotopic (exact) mass is 567 g/mol. The van der Waals surface area contributed by atoms with Crippen LogP contribution in [0.25, 0.3) is 0 Å². The second-order valence-electron chi connectivity index (χ2n) is 12.5. The van der Waals surface area contributed by atoms with Crippen LogP contribution < -0.4 is 9.47 Å². The molecule has 0 aromatic heterocycles. The number of hydrogen-bond donors (Lipinski definition) is 0. The lowest BCUT2D eigenvalue weighted by Crippen LogP contribution is -2.43. The van der Waals surface area contributed by atoms with Crippen LogP contribution in [0.5, 0.6) is 11.5 Å². The third-order valence-electron chi connectivity index (χ3n) is 8.04. The van der Waals surface area contributed by atoms with Crippen molar-refractivity contribution in [3.8, 4) is 11.5 Å². The number of benzene rings is 2. The van der Waals surface area contributed by atoms with Crippen LogP contribution in [-0.4, -0.2) is 30.6 Å². The Morgan fingerprint density at radius 1 is 0.897 bits per heavy atom. The minimum atomic E-state index is -0.494. The molecule has 0 unspecified atom stereocenters. The first kappa shape index (κ1) is 27.8. The van der Waals surface area contributed by atoms with Crippen molar-refractivity contribution < 1.29 is 19.1 Å². The quantitative estimate of drug-likeness (QED) is 0.367. The number of allylic oxidation sites excluding steroid dienone is 4. The maximum absolute atomic E-state index is 13.8. The minimum Gasteiger partial charge on any atom is -0.493 e. The second kappa shape index (κ2) is 10.0. The number of nitrogens with zero attached hydrogens (tertiary/aromatic N) is 1. The van der Waals surface area contributed by atoms with Crippen molar-refractivity contribution in [1.82, 2.24) is 4.90 Å². The van der Waals surface area contributed by atoms with E-state index in [1.807, 2.05) is 43.4 Å². The van der Waals surface area contributed by atoms with Gasteiger partial charge in [0.15, 0.2) is 23.1 Å². The number of ether oxygens (including phenoxy) is 2. The first-order valence-electron chi connectivity index (χ1n) is 13.3. The van der Waals surface area contributed by atoms with Crippen LogP contribution in [0.3, 0.4) is 0 Å². The van der Waals surface area contributed by atoms with E-state index in [0.717, 1.165) is 35.4 Å². The van der Waals surface area contributed by atoms with Gasteiger partial charge in [0.2, 0.25) is 0 Å². The molecular formula is C32H35Cl2NO4. The van der Waals surface area contributed by atoms with Crippen LogP contribution in [0, 0.1) is 10.8 Å². The molecule has 0 N–H and O–H groups in total. The number of rotatable bonds is 5. The van der Waals surface area contributed by atoms with E-state index < -0.39 is 5.92 Å². The van der Waals surface area contributed by atoms with E-state index in [2.05, 4.69) is 32.6 Å². The number of ketones is 2. The molecule has 1 aliphatic heterocycles. The maximum Gasteiger partial charge on any atom is 0.180 e. The zero-order valence-corrected chi connectivity index (χ0v) is 24.9. The molecule has 1 heterocycles. The molecular weight excluding hydrogens is 533 g/mol. The zero-order valence-electron chi connectivity index (χ0n) is 23.4. The SMILES string of the molecule is COc1cc(C2C3=C(CC(C)(C)CC3=O)N(C)C3=C2C(=O)CC(C)(C)C3)cc(Cl)c1OCc1cccc(Cl)c1. The average molecular weight is 569 g/mol. The molecule has 0 atom stereocenters. The highest BCUT2D eigenvalue weighted by Gasteiger charge is 2.48. The molecule has 0 bridgehead atoms. The molecule has 2 aliphatic carbocycles. The molecule has 39 heavy (non-hydrogen) atoms. The first-order chi connectivity index (χ1) is 18.3. The highest BCUT2D eigenvalue weighted by Crippen LogP contribution is 2.55. The number of carbonyl (C=O) groups is 2. The van der Waals surface area contributed by atoms with Gasteiger partial charge in [0.05, 0.1) is 12.1 Å². The predicted molar refractivity (Wildman–Crippen MR) is 154 cm³/mol. The van der Waals surface area contributed by atoms with Gasteiger partial charge < -0.3 is 14.4 Å². The van der Waals surface area contributed by atoms with Crippen molar-refractivity contribution in [2.75, 3.05) is 14.2 Å². The summed E-state index contributed by atoms with van der Waals surface area (Å²) in [4.78, 5) is 29.6. The van der Waals surface area contributed by atoms with E-state index in [-0.39, 0.29) is 29.0 Å². The van der Waals surface area contributed by atoms with E-state index in [9.17, 15) is 9.59 Å². The van der Waals surface area contributed by atoms with E-state index >= 15 is 0 Å². The lowest BCUT2D eigenvalue weighted by Gasteiger charge is -2.48. The third kappa shape index (κ3) is 5.24. The smallest absolute Gasteiger partial charge is 0.180 e. The summed E-state index contributed by atoms with van der Waals surface area (Å²) in [6.07, 6.45) is 2.39. The van der Waals surface area contributed by atoms with Crippen LogP contribution >= 0.6 is 23.2 Å². The van der Waals surface area contributed by atoms with Gasteiger partial charge in [-0.2, -0.15) is 0 Å². The maximum atomic E-state index is 13.8. The Labute approximate surface area is 240 Å². The molecule has 3 aliphatic rings. The Morgan fingerprint density at radius 3 is 2.03 bits per heavy atom. The van der Waals surface area contributed by atoms with Crippen LogP contribution in [0.4, 0.5) is 0 Å². The van der Waals surface area contributed by atoms with Crippen molar-refractivity contribution >= 4 is 34.8 Å². The molecule has 2 aromatic carbocycles. The second-order valence-corrected chi connectivity index (χ2v) is 13.4. The van der Waals surface area contributed by atoms with Gasteiger partial charge in [0.25, 0.3) is 0 Å². The minimum absolute atomic E-state index is 0.0821. The summed E-state index contributed by atoms with van der Waals surface area (Å²) in [6.45, 7) is 8.77. The lowest BCUT2D eigenvalue weighted by atomic mass is 9.63. The van der Waals surface area contributed by atoms with Gasteiger partial charge in [-0.3, -0.25) is 9.59 Å². The van der Waals surface area contributed by atoms with Crippen LogP contribution in [0.1, 0.15) is 70.4 Å². The Kier molecular flexibility index (Phi) is 7.13. The molecule has 0 saturated carbocycles. The summed E-state index contributed by atoms with van der Waals surface area (Å²) in [5, 5.41) is 0.988. The normalized spacial score (nSPS) is 20.7. The molecule has 5 nitrogen and oxygen atoms in total. The Hall–Kier alpha value is -2.76.